The normalized spacial score (nSPS) is 20.2. The summed E-state index contributed by atoms with van der Waals surface area (Å²) < 4.78 is 2.99. The molecule has 9 heteroatoms. The second kappa shape index (κ2) is 6.10. The van der Waals surface area contributed by atoms with Crippen LogP contribution >= 0.6 is 0 Å². The van der Waals surface area contributed by atoms with Crippen molar-refractivity contribution in [3.05, 3.63) is 50.9 Å². The Hall–Kier alpha value is -2.94. The fourth-order valence-corrected chi connectivity index (χ4v) is 3.59. The van der Waals surface area contributed by atoms with Gasteiger partial charge in [-0.1, -0.05) is 6.07 Å². The summed E-state index contributed by atoms with van der Waals surface area (Å²) in [5.41, 5.74) is 0.640. The molecule has 3 aromatic rings. The summed E-state index contributed by atoms with van der Waals surface area (Å²) in [5, 5.41) is 10.5. The van der Waals surface area contributed by atoms with Crippen molar-refractivity contribution < 1.29 is 5.11 Å². The van der Waals surface area contributed by atoms with Crippen LogP contribution in [0.5, 0.6) is 0 Å². The Kier molecular flexibility index (Phi) is 3.87. The van der Waals surface area contributed by atoms with Crippen molar-refractivity contribution in [2.45, 2.75) is 12.5 Å². The molecule has 1 aliphatic rings. The van der Waals surface area contributed by atoms with E-state index in [1.165, 1.54) is 4.57 Å². The molecular formula is C17H20N6O3. The first-order valence-corrected chi connectivity index (χ1v) is 8.44. The number of H-pyrrole nitrogens is 1. The molecule has 4 heterocycles. The van der Waals surface area contributed by atoms with Crippen LogP contribution in [0.4, 0.5) is 5.95 Å². The van der Waals surface area contributed by atoms with E-state index in [-0.39, 0.29) is 5.92 Å². The molecule has 2 N–H and O–H groups in total. The number of fused-ring (bicyclic) bond motifs is 1. The molecule has 0 radical (unpaired) electrons. The number of aromatic amines is 1. The third kappa shape index (κ3) is 2.60. The number of nitrogens with one attached hydrogen (secondary N) is 1. The van der Waals surface area contributed by atoms with E-state index in [0.717, 1.165) is 5.69 Å². The first-order chi connectivity index (χ1) is 12.5. The molecule has 0 bridgehead atoms. The fourth-order valence-electron chi connectivity index (χ4n) is 3.59. The summed E-state index contributed by atoms with van der Waals surface area (Å²) >= 11 is 0. The number of aliphatic hydroxyl groups is 1. The minimum atomic E-state index is -0.515. The number of imidazole rings is 1. The van der Waals surface area contributed by atoms with E-state index >= 15 is 0 Å². The summed E-state index contributed by atoms with van der Waals surface area (Å²) in [6.07, 6.45) is 1.90. The first-order valence-electron chi connectivity index (χ1n) is 8.44. The van der Waals surface area contributed by atoms with Gasteiger partial charge in [-0.05, 0) is 18.6 Å². The van der Waals surface area contributed by atoms with Gasteiger partial charge in [-0.3, -0.25) is 19.3 Å². The van der Waals surface area contributed by atoms with Crippen molar-refractivity contribution in [2.24, 2.45) is 20.0 Å². The van der Waals surface area contributed by atoms with Gasteiger partial charge in [0.2, 0.25) is 5.95 Å². The van der Waals surface area contributed by atoms with E-state index in [9.17, 15) is 14.7 Å². The molecular weight excluding hydrogens is 336 g/mol. The molecule has 2 atom stereocenters. The van der Waals surface area contributed by atoms with Gasteiger partial charge in [-0.15, -0.1) is 0 Å². The highest BCUT2D eigenvalue weighted by Crippen LogP contribution is 2.26. The molecule has 4 rings (SSSR count). The van der Waals surface area contributed by atoms with Crippen molar-refractivity contribution in [1.29, 1.82) is 0 Å². The van der Waals surface area contributed by atoms with Crippen LogP contribution in [-0.4, -0.2) is 48.4 Å². The number of aromatic nitrogens is 5. The Balaban J connectivity index is 1.67. The largest absolute Gasteiger partial charge is 0.391 e. The zero-order valence-electron chi connectivity index (χ0n) is 14.6. The molecule has 9 nitrogen and oxygen atoms in total. The number of β-amino-alcohol motifs (C(OH)–C–C–N with tert-alkyl or cyclic N) is 1. The van der Waals surface area contributed by atoms with E-state index in [1.807, 2.05) is 23.1 Å². The molecule has 3 aromatic heterocycles. The van der Waals surface area contributed by atoms with Crippen molar-refractivity contribution in [1.82, 2.24) is 24.1 Å². The lowest BCUT2D eigenvalue weighted by Crippen LogP contribution is -2.29. The van der Waals surface area contributed by atoms with E-state index < -0.39 is 17.4 Å². The monoisotopic (exact) mass is 356 g/mol. The summed E-state index contributed by atoms with van der Waals surface area (Å²) in [5.74, 6) is 0.584. The van der Waals surface area contributed by atoms with E-state index in [0.29, 0.717) is 36.6 Å². The lowest BCUT2D eigenvalue weighted by atomic mass is 10.00. The minimum absolute atomic E-state index is 0.0202. The Bertz CT molecular complexity index is 1070. The van der Waals surface area contributed by atoms with Crippen molar-refractivity contribution in [3.8, 4) is 0 Å². The molecule has 0 spiro atoms. The number of pyridine rings is 1. The molecule has 136 valence electrons. The third-order valence-electron chi connectivity index (χ3n) is 5.00. The van der Waals surface area contributed by atoms with Crippen LogP contribution in [0.25, 0.3) is 11.2 Å². The Labute approximate surface area is 148 Å². The topological polar surface area (TPSA) is 109 Å². The highest BCUT2D eigenvalue weighted by Gasteiger charge is 2.34. The standard InChI is InChI=1S/C17H20N6O3/c1-21-13-14(22(2)17(26)20-15(13)25)19-16(21)23-8-10(12(24)9-23)7-11-5-3-4-6-18-11/h3-6,10,12,24H,7-9H2,1-2H3,(H,20,25,26)/t10-,12-/m1/s1. The Morgan fingerprint density at radius 3 is 2.77 bits per heavy atom. The van der Waals surface area contributed by atoms with Gasteiger partial charge < -0.3 is 14.6 Å². The maximum absolute atomic E-state index is 12.2. The van der Waals surface area contributed by atoms with Crippen LogP contribution < -0.4 is 16.1 Å². The van der Waals surface area contributed by atoms with Crippen LogP contribution in [0.15, 0.2) is 34.0 Å². The number of rotatable bonds is 3. The smallest absolute Gasteiger partial charge is 0.329 e. The fraction of sp³-hybridized carbons (Fsp3) is 0.412. The Morgan fingerprint density at radius 2 is 2.04 bits per heavy atom. The predicted octanol–water partition coefficient (Wildman–Crippen LogP) is -0.605. The lowest BCUT2D eigenvalue weighted by molar-refractivity contribution is 0.148. The van der Waals surface area contributed by atoms with Crippen molar-refractivity contribution in [2.75, 3.05) is 18.0 Å². The first kappa shape index (κ1) is 16.5. The maximum Gasteiger partial charge on any atom is 0.329 e. The summed E-state index contributed by atoms with van der Waals surface area (Å²) in [7, 11) is 3.31. The molecule has 1 fully saturated rings. The van der Waals surface area contributed by atoms with Crippen LogP contribution in [0.2, 0.25) is 0 Å². The molecule has 1 aliphatic heterocycles. The van der Waals surface area contributed by atoms with Gasteiger partial charge in [0.05, 0.1) is 6.10 Å². The van der Waals surface area contributed by atoms with Crippen LogP contribution in [0.3, 0.4) is 0 Å². The maximum atomic E-state index is 12.2. The summed E-state index contributed by atoms with van der Waals surface area (Å²) in [6.45, 7) is 1.02. The molecule has 1 saturated heterocycles. The van der Waals surface area contributed by atoms with E-state index in [2.05, 4.69) is 15.0 Å². The number of anilines is 1. The number of nitrogens with zero attached hydrogens (tertiary/aromatic N) is 5. The zero-order valence-corrected chi connectivity index (χ0v) is 14.6. The zero-order chi connectivity index (χ0) is 18.4. The van der Waals surface area contributed by atoms with Crippen LogP contribution in [0, 0.1) is 5.92 Å². The second-order valence-electron chi connectivity index (χ2n) is 6.72. The third-order valence-corrected chi connectivity index (χ3v) is 5.00. The minimum Gasteiger partial charge on any atom is -0.391 e. The molecule has 0 unspecified atom stereocenters. The highest BCUT2D eigenvalue weighted by atomic mass is 16.3. The number of aryl methyl sites for hydroxylation is 2. The lowest BCUT2D eigenvalue weighted by Gasteiger charge is -2.16. The van der Waals surface area contributed by atoms with E-state index in [1.54, 1.807) is 24.9 Å². The molecule has 0 amide bonds. The molecule has 0 saturated carbocycles. The van der Waals surface area contributed by atoms with Crippen molar-refractivity contribution in [3.63, 3.8) is 0 Å². The molecule has 0 aromatic carbocycles. The SMILES string of the molecule is Cn1c(N2C[C@@H](Cc3ccccn3)[C@H](O)C2)nc2c1c(=O)[nH]c(=O)n2C. The summed E-state index contributed by atoms with van der Waals surface area (Å²) in [4.78, 5) is 37.0. The number of aliphatic hydroxyl groups excluding tert-OH is 1. The molecule has 0 aliphatic carbocycles. The van der Waals surface area contributed by atoms with Crippen molar-refractivity contribution >= 4 is 17.1 Å². The number of hydrogen-bond donors (Lipinski definition) is 2. The average molecular weight is 356 g/mol. The van der Waals surface area contributed by atoms with Gasteiger partial charge in [0, 0.05) is 45.0 Å². The highest BCUT2D eigenvalue weighted by molar-refractivity contribution is 5.74. The van der Waals surface area contributed by atoms with Gasteiger partial charge in [0.15, 0.2) is 11.2 Å². The van der Waals surface area contributed by atoms with Gasteiger partial charge >= 0.3 is 5.69 Å². The number of hydrogen-bond acceptors (Lipinski definition) is 6. The van der Waals surface area contributed by atoms with Gasteiger partial charge in [-0.2, -0.15) is 4.98 Å². The molecule has 26 heavy (non-hydrogen) atoms. The van der Waals surface area contributed by atoms with Crippen LogP contribution in [-0.2, 0) is 20.5 Å². The van der Waals surface area contributed by atoms with Crippen LogP contribution in [0.1, 0.15) is 5.69 Å². The average Bonchev–Trinajstić information content (AvgIpc) is 3.14. The quantitative estimate of drug-likeness (QED) is 0.648. The van der Waals surface area contributed by atoms with Gasteiger partial charge in [0.25, 0.3) is 5.56 Å². The Morgan fingerprint density at radius 1 is 1.23 bits per heavy atom. The van der Waals surface area contributed by atoms with Gasteiger partial charge in [-0.25, -0.2) is 4.79 Å². The van der Waals surface area contributed by atoms with Gasteiger partial charge in [0.1, 0.15) is 0 Å². The summed E-state index contributed by atoms with van der Waals surface area (Å²) in [6, 6.07) is 5.74. The predicted molar refractivity (Wildman–Crippen MR) is 96.2 cm³/mol. The van der Waals surface area contributed by atoms with E-state index in [4.69, 9.17) is 0 Å². The second-order valence-corrected chi connectivity index (χ2v) is 6.72.